The molecule has 0 saturated heterocycles. The van der Waals surface area contributed by atoms with Gasteiger partial charge in [0, 0.05) is 18.8 Å². The first-order valence-electron chi connectivity index (χ1n) is 8.68. The number of aryl methyl sites for hydroxylation is 1. The highest BCUT2D eigenvalue weighted by atomic mass is 32.2. The van der Waals surface area contributed by atoms with Crippen molar-refractivity contribution in [3.63, 3.8) is 0 Å². The zero-order valence-electron chi connectivity index (χ0n) is 15.6. The lowest BCUT2D eigenvalue weighted by atomic mass is 10.2. The Kier molecular flexibility index (Phi) is 6.92. The molecule has 0 spiro atoms. The summed E-state index contributed by atoms with van der Waals surface area (Å²) >= 11 is 0. The summed E-state index contributed by atoms with van der Waals surface area (Å²) in [6, 6.07) is 10.7. The second kappa shape index (κ2) is 8.96. The van der Waals surface area contributed by atoms with Crippen molar-refractivity contribution in [1.82, 2.24) is 4.31 Å². The number of nitrogens with one attached hydrogen (secondary N) is 2. The van der Waals surface area contributed by atoms with Gasteiger partial charge in [0.25, 0.3) is 0 Å². The predicted octanol–water partition coefficient (Wildman–Crippen LogP) is 3.22. The van der Waals surface area contributed by atoms with Crippen LogP contribution in [0.25, 0.3) is 0 Å². The lowest BCUT2D eigenvalue weighted by Crippen LogP contribution is -2.30. The molecule has 0 unspecified atom stereocenters. The largest absolute Gasteiger partial charge is 0.374 e. The van der Waals surface area contributed by atoms with Gasteiger partial charge in [0.05, 0.1) is 17.1 Å². The molecule has 0 aliphatic heterocycles. The van der Waals surface area contributed by atoms with Crippen LogP contribution in [0.15, 0.2) is 47.4 Å². The maximum absolute atomic E-state index is 13.8. The van der Waals surface area contributed by atoms with Crippen molar-refractivity contribution in [1.29, 1.82) is 0 Å². The van der Waals surface area contributed by atoms with Gasteiger partial charge in [-0.15, -0.1) is 0 Å². The third-order valence-corrected chi connectivity index (χ3v) is 6.11. The van der Waals surface area contributed by atoms with Crippen LogP contribution in [0.2, 0.25) is 0 Å². The van der Waals surface area contributed by atoms with E-state index in [4.69, 9.17) is 0 Å². The molecule has 0 atom stereocenters. The first kappa shape index (κ1) is 20.9. The molecule has 2 aromatic carbocycles. The SMILES string of the molecule is CCN(CC)S(=O)(=O)c1ccc(NC(=O)CNc2ccc(C)cc2F)cc1. The van der Waals surface area contributed by atoms with Crippen LogP contribution in [0, 0.1) is 12.7 Å². The Balaban J connectivity index is 1.98. The molecule has 0 aliphatic carbocycles. The van der Waals surface area contributed by atoms with Gasteiger partial charge in [0.1, 0.15) is 5.82 Å². The molecular weight excluding hydrogens is 369 g/mol. The average Bonchev–Trinajstić information content (AvgIpc) is 2.62. The number of hydrogen-bond donors (Lipinski definition) is 2. The minimum absolute atomic E-state index is 0.112. The number of nitrogens with zero attached hydrogens (tertiary/aromatic N) is 1. The minimum atomic E-state index is -3.53. The third-order valence-electron chi connectivity index (χ3n) is 4.05. The number of rotatable bonds is 8. The van der Waals surface area contributed by atoms with E-state index in [0.717, 1.165) is 5.56 Å². The highest BCUT2D eigenvalue weighted by Crippen LogP contribution is 2.18. The Labute approximate surface area is 159 Å². The van der Waals surface area contributed by atoms with Crippen LogP contribution in [0.1, 0.15) is 19.4 Å². The fourth-order valence-electron chi connectivity index (χ4n) is 2.57. The molecule has 0 aliphatic rings. The molecule has 0 fully saturated rings. The number of anilines is 2. The Morgan fingerprint density at radius 2 is 1.70 bits per heavy atom. The maximum atomic E-state index is 13.8. The van der Waals surface area contributed by atoms with E-state index in [-0.39, 0.29) is 23.0 Å². The molecule has 0 aromatic heterocycles. The van der Waals surface area contributed by atoms with Crippen LogP contribution < -0.4 is 10.6 Å². The van der Waals surface area contributed by atoms with Gasteiger partial charge in [0.15, 0.2) is 0 Å². The Bertz CT molecular complexity index is 895. The molecule has 2 aromatic rings. The fourth-order valence-corrected chi connectivity index (χ4v) is 4.03. The summed E-state index contributed by atoms with van der Waals surface area (Å²) in [5.74, 6) is -0.789. The highest BCUT2D eigenvalue weighted by Gasteiger charge is 2.21. The molecular formula is C19H24FN3O3S. The normalized spacial score (nSPS) is 11.4. The number of sulfonamides is 1. The fraction of sp³-hybridized carbons (Fsp3) is 0.316. The van der Waals surface area contributed by atoms with Crippen molar-refractivity contribution in [3.05, 3.63) is 53.8 Å². The zero-order valence-corrected chi connectivity index (χ0v) is 16.4. The summed E-state index contributed by atoms with van der Waals surface area (Å²) in [6.45, 7) is 6.00. The van der Waals surface area contributed by atoms with Gasteiger partial charge in [-0.1, -0.05) is 19.9 Å². The van der Waals surface area contributed by atoms with E-state index in [1.54, 1.807) is 32.9 Å². The minimum Gasteiger partial charge on any atom is -0.374 e. The lowest BCUT2D eigenvalue weighted by Gasteiger charge is -2.18. The average molecular weight is 393 g/mol. The summed E-state index contributed by atoms with van der Waals surface area (Å²) in [6.07, 6.45) is 0. The van der Waals surface area contributed by atoms with Crippen LogP contribution in [-0.4, -0.2) is 38.3 Å². The van der Waals surface area contributed by atoms with Crippen LogP contribution in [0.4, 0.5) is 15.8 Å². The standard InChI is InChI=1S/C19H24FN3O3S/c1-4-23(5-2)27(25,26)16-9-7-15(8-10-16)22-19(24)13-21-18-11-6-14(3)12-17(18)20/h6-12,21H,4-5,13H2,1-3H3,(H,22,24). The molecule has 8 heteroatoms. The van der Waals surface area contributed by atoms with Crippen molar-refractivity contribution >= 4 is 27.3 Å². The van der Waals surface area contributed by atoms with Crippen molar-refractivity contribution in [3.8, 4) is 0 Å². The Morgan fingerprint density at radius 1 is 1.07 bits per heavy atom. The second-order valence-electron chi connectivity index (χ2n) is 6.00. The van der Waals surface area contributed by atoms with E-state index in [2.05, 4.69) is 10.6 Å². The van der Waals surface area contributed by atoms with Gasteiger partial charge in [-0.05, 0) is 48.9 Å². The zero-order chi connectivity index (χ0) is 20.0. The summed E-state index contributed by atoms with van der Waals surface area (Å²) in [4.78, 5) is 12.2. The summed E-state index contributed by atoms with van der Waals surface area (Å²) < 4.78 is 40.0. The number of amides is 1. The van der Waals surface area contributed by atoms with Crippen LogP contribution in [0.5, 0.6) is 0 Å². The lowest BCUT2D eigenvalue weighted by molar-refractivity contribution is -0.114. The number of hydrogen-bond acceptors (Lipinski definition) is 4. The molecule has 0 radical (unpaired) electrons. The van der Waals surface area contributed by atoms with Crippen LogP contribution >= 0.6 is 0 Å². The van der Waals surface area contributed by atoms with E-state index in [9.17, 15) is 17.6 Å². The second-order valence-corrected chi connectivity index (χ2v) is 7.94. The van der Waals surface area contributed by atoms with Crippen molar-refractivity contribution in [2.75, 3.05) is 30.3 Å². The van der Waals surface area contributed by atoms with Gasteiger partial charge in [-0.25, -0.2) is 12.8 Å². The maximum Gasteiger partial charge on any atom is 0.243 e. The van der Waals surface area contributed by atoms with E-state index < -0.39 is 15.8 Å². The van der Waals surface area contributed by atoms with Gasteiger partial charge in [0.2, 0.25) is 15.9 Å². The van der Waals surface area contributed by atoms with Gasteiger partial charge < -0.3 is 10.6 Å². The topological polar surface area (TPSA) is 78.5 Å². The van der Waals surface area contributed by atoms with Crippen molar-refractivity contribution in [2.45, 2.75) is 25.7 Å². The molecule has 146 valence electrons. The molecule has 0 heterocycles. The van der Waals surface area contributed by atoms with Crippen LogP contribution in [-0.2, 0) is 14.8 Å². The third kappa shape index (κ3) is 5.27. The number of halogens is 1. The molecule has 6 nitrogen and oxygen atoms in total. The van der Waals surface area contributed by atoms with Crippen LogP contribution in [0.3, 0.4) is 0 Å². The quantitative estimate of drug-likeness (QED) is 0.722. The summed E-state index contributed by atoms with van der Waals surface area (Å²) in [5.41, 5.74) is 1.50. The van der Waals surface area contributed by atoms with E-state index in [1.165, 1.54) is 34.6 Å². The predicted molar refractivity (Wildman–Crippen MR) is 105 cm³/mol. The number of benzene rings is 2. The van der Waals surface area contributed by atoms with Gasteiger partial charge in [-0.3, -0.25) is 4.79 Å². The first-order valence-corrected chi connectivity index (χ1v) is 10.1. The van der Waals surface area contributed by atoms with Gasteiger partial charge in [-0.2, -0.15) is 4.31 Å². The molecule has 2 rings (SSSR count). The summed E-state index contributed by atoms with van der Waals surface area (Å²) in [5, 5.41) is 5.38. The Morgan fingerprint density at radius 3 is 2.26 bits per heavy atom. The molecule has 2 N–H and O–H groups in total. The summed E-state index contributed by atoms with van der Waals surface area (Å²) in [7, 11) is -3.53. The molecule has 0 bridgehead atoms. The van der Waals surface area contributed by atoms with Gasteiger partial charge >= 0.3 is 0 Å². The molecule has 0 saturated carbocycles. The number of carbonyl (C=O) groups is 1. The Hall–Kier alpha value is -2.45. The molecule has 27 heavy (non-hydrogen) atoms. The van der Waals surface area contributed by atoms with E-state index in [1.807, 2.05) is 0 Å². The van der Waals surface area contributed by atoms with E-state index in [0.29, 0.717) is 18.8 Å². The van der Waals surface area contributed by atoms with Crippen molar-refractivity contribution in [2.24, 2.45) is 0 Å². The smallest absolute Gasteiger partial charge is 0.243 e. The highest BCUT2D eigenvalue weighted by molar-refractivity contribution is 7.89. The molecule has 1 amide bonds. The monoisotopic (exact) mass is 393 g/mol. The van der Waals surface area contributed by atoms with E-state index >= 15 is 0 Å². The van der Waals surface area contributed by atoms with Crippen molar-refractivity contribution < 1.29 is 17.6 Å². The first-order chi connectivity index (χ1) is 12.8. The number of carbonyl (C=O) groups excluding carboxylic acids is 1.